The van der Waals surface area contributed by atoms with Crippen molar-refractivity contribution in [3.05, 3.63) is 42.4 Å². The summed E-state index contributed by atoms with van der Waals surface area (Å²) in [5, 5.41) is 10.1. The van der Waals surface area contributed by atoms with Gasteiger partial charge in [-0.3, -0.25) is 0 Å². The number of aromatic nitrogens is 2. The van der Waals surface area contributed by atoms with E-state index < -0.39 is 6.10 Å². The number of aliphatic hydroxyl groups excluding tert-OH is 1. The van der Waals surface area contributed by atoms with Gasteiger partial charge < -0.3 is 14.4 Å². The number of rotatable bonds is 1. The van der Waals surface area contributed by atoms with Crippen LogP contribution >= 0.6 is 0 Å². The van der Waals surface area contributed by atoms with Crippen LogP contribution in [-0.2, 0) is 4.74 Å². The fraction of sp³-hybridized carbons (Fsp3) is 0.357. The number of hydrogen-bond donors (Lipinski definition) is 1. The Kier molecular flexibility index (Phi) is 2.10. The molecule has 4 rings (SSSR count). The third kappa shape index (κ3) is 1.24. The highest BCUT2D eigenvalue weighted by molar-refractivity contribution is 5.69. The molecule has 0 bridgehead atoms. The lowest BCUT2D eigenvalue weighted by Crippen LogP contribution is -2.27. The molecule has 3 heterocycles. The van der Waals surface area contributed by atoms with Crippen LogP contribution in [-0.4, -0.2) is 34.0 Å². The molecule has 1 N–H and O–H groups in total. The second-order valence-corrected chi connectivity index (χ2v) is 4.99. The van der Waals surface area contributed by atoms with Gasteiger partial charge in [0.15, 0.2) is 0 Å². The Morgan fingerprint density at radius 2 is 2.17 bits per heavy atom. The number of aliphatic hydroxyl groups is 1. The van der Waals surface area contributed by atoms with Crippen LogP contribution in [0.15, 0.2) is 36.8 Å². The van der Waals surface area contributed by atoms with Crippen molar-refractivity contribution in [2.24, 2.45) is 5.92 Å². The Bertz CT molecular complexity index is 593. The molecular weight excluding hydrogens is 228 g/mol. The van der Waals surface area contributed by atoms with Crippen molar-refractivity contribution < 1.29 is 9.84 Å². The fourth-order valence-corrected chi connectivity index (χ4v) is 3.17. The number of imidazole rings is 1. The highest BCUT2D eigenvalue weighted by atomic mass is 16.5. The summed E-state index contributed by atoms with van der Waals surface area (Å²) in [7, 11) is 0. The Morgan fingerprint density at radius 1 is 1.28 bits per heavy atom. The molecule has 1 fully saturated rings. The molecule has 1 saturated heterocycles. The summed E-state index contributed by atoms with van der Waals surface area (Å²) >= 11 is 0. The van der Waals surface area contributed by atoms with Crippen LogP contribution in [0.25, 0.3) is 11.3 Å². The van der Waals surface area contributed by atoms with Gasteiger partial charge in [-0.05, 0) is 5.56 Å². The van der Waals surface area contributed by atoms with Gasteiger partial charge in [0.25, 0.3) is 0 Å². The van der Waals surface area contributed by atoms with Crippen molar-refractivity contribution in [3.63, 3.8) is 0 Å². The van der Waals surface area contributed by atoms with E-state index in [0.29, 0.717) is 13.2 Å². The topological polar surface area (TPSA) is 47.3 Å². The minimum Gasteiger partial charge on any atom is -0.390 e. The van der Waals surface area contributed by atoms with Gasteiger partial charge in [0.2, 0.25) is 0 Å². The second-order valence-electron chi connectivity index (χ2n) is 4.99. The van der Waals surface area contributed by atoms with Gasteiger partial charge in [-0.1, -0.05) is 24.3 Å². The minimum absolute atomic E-state index is 0.113. The highest BCUT2D eigenvalue weighted by Gasteiger charge is 2.40. The maximum Gasteiger partial charge on any atom is 0.0956 e. The molecule has 0 amide bonds. The summed E-state index contributed by atoms with van der Waals surface area (Å²) in [4.78, 5) is 4.23. The quantitative estimate of drug-likeness (QED) is 0.823. The van der Waals surface area contributed by atoms with E-state index >= 15 is 0 Å². The van der Waals surface area contributed by atoms with Crippen LogP contribution in [0, 0.1) is 5.92 Å². The van der Waals surface area contributed by atoms with E-state index in [9.17, 15) is 5.11 Å². The molecule has 92 valence electrons. The molecule has 2 aliphatic rings. The van der Waals surface area contributed by atoms with E-state index in [1.165, 1.54) is 11.1 Å². The number of ether oxygens (including phenoxy) is 1. The molecule has 0 saturated carbocycles. The molecule has 0 spiro atoms. The highest BCUT2D eigenvalue weighted by Crippen LogP contribution is 2.44. The van der Waals surface area contributed by atoms with E-state index in [0.717, 1.165) is 5.69 Å². The lowest BCUT2D eigenvalue weighted by atomic mass is 9.90. The molecule has 2 aliphatic heterocycles. The predicted molar refractivity (Wildman–Crippen MR) is 66.1 cm³/mol. The zero-order valence-corrected chi connectivity index (χ0v) is 9.86. The molecule has 4 nitrogen and oxygen atoms in total. The zero-order valence-electron chi connectivity index (χ0n) is 9.86. The summed E-state index contributed by atoms with van der Waals surface area (Å²) in [6.07, 6.45) is 3.35. The smallest absolute Gasteiger partial charge is 0.0956 e. The zero-order chi connectivity index (χ0) is 12.1. The molecule has 1 aromatic heterocycles. The number of benzene rings is 1. The van der Waals surface area contributed by atoms with Gasteiger partial charge in [-0.2, -0.15) is 0 Å². The van der Waals surface area contributed by atoms with Gasteiger partial charge in [-0.15, -0.1) is 0 Å². The molecule has 2 aromatic rings. The van der Waals surface area contributed by atoms with Crippen molar-refractivity contribution >= 4 is 0 Å². The van der Waals surface area contributed by atoms with Gasteiger partial charge >= 0.3 is 0 Å². The first-order chi connectivity index (χ1) is 8.86. The van der Waals surface area contributed by atoms with E-state index in [2.05, 4.69) is 21.7 Å². The number of nitrogens with zero attached hydrogens (tertiary/aromatic N) is 2. The van der Waals surface area contributed by atoms with Crippen molar-refractivity contribution in [3.8, 4) is 11.3 Å². The molecule has 1 aromatic carbocycles. The molecule has 3 atom stereocenters. The molecule has 18 heavy (non-hydrogen) atoms. The summed E-state index contributed by atoms with van der Waals surface area (Å²) in [6, 6.07) is 8.49. The molecule has 0 unspecified atom stereocenters. The first-order valence-corrected chi connectivity index (χ1v) is 6.23. The lowest BCUT2D eigenvalue weighted by Gasteiger charge is -2.23. The summed E-state index contributed by atoms with van der Waals surface area (Å²) < 4.78 is 7.56. The van der Waals surface area contributed by atoms with Crippen LogP contribution in [0.2, 0.25) is 0 Å². The SMILES string of the molecule is O[C@@H]1COC[C@H]1[C@H]1c2ccccc2-c2cncn21. The average Bonchev–Trinajstić information content (AvgIpc) is 3.05. The average molecular weight is 242 g/mol. The van der Waals surface area contributed by atoms with Crippen LogP contribution in [0.4, 0.5) is 0 Å². The van der Waals surface area contributed by atoms with Crippen molar-refractivity contribution in [1.29, 1.82) is 0 Å². The van der Waals surface area contributed by atoms with Crippen molar-refractivity contribution in [1.82, 2.24) is 9.55 Å². The molecule has 4 heteroatoms. The second kappa shape index (κ2) is 3.67. The van der Waals surface area contributed by atoms with Gasteiger partial charge in [0.1, 0.15) is 0 Å². The first-order valence-electron chi connectivity index (χ1n) is 6.23. The lowest BCUT2D eigenvalue weighted by molar-refractivity contribution is 0.111. The third-order valence-electron chi connectivity index (χ3n) is 4.02. The summed E-state index contributed by atoms with van der Waals surface area (Å²) in [5.74, 6) is 0.113. The van der Waals surface area contributed by atoms with Crippen LogP contribution < -0.4 is 0 Å². The predicted octanol–water partition coefficient (Wildman–Crippen LogP) is 1.46. The van der Waals surface area contributed by atoms with Gasteiger partial charge in [-0.25, -0.2) is 4.98 Å². The van der Waals surface area contributed by atoms with E-state index in [-0.39, 0.29) is 12.0 Å². The van der Waals surface area contributed by atoms with Crippen LogP contribution in [0.1, 0.15) is 11.6 Å². The fourth-order valence-electron chi connectivity index (χ4n) is 3.17. The van der Waals surface area contributed by atoms with Crippen molar-refractivity contribution in [2.45, 2.75) is 12.1 Å². The van der Waals surface area contributed by atoms with E-state index in [1.807, 2.05) is 24.7 Å². The van der Waals surface area contributed by atoms with Crippen LogP contribution in [0.3, 0.4) is 0 Å². The van der Waals surface area contributed by atoms with Crippen LogP contribution in [0.5, 0.6) is 0 Å². The Hall–Kier alpha value is -1.65. The van der Waals surface area contributed by atoms with Crippen molar-refractivity contribution in [2.75, 3.05) is 13.2 Å². The molecule has 0 aliphatic carbocycles. The standard InChI is InChI=1S/C14H14N2O2/c17-13-7-18-6-11(13)14-10-4-2-1-3-9(10)12-5-15-8-16(12)14/h1-5,8,11,13-14,17H,6-7H2/t11-,13-,14-/m1/s1. The van der Waals surface area contributed by atoms with Gasteiger partial charge in [0, 0.05) is 11.5 Å². The summed E-state index contributed by atoms with van der Waals surface area (Å²) in [5.41, 5.74) is 3.62. The molecule has 0 radical (unpaired) electrons. The van der Waals surface area contributed by atoms with Gasteiger partial charge in [0.05, 0.1) is 43.6 Å². The largest absolute Gasteiger partial charge is 0.390 e. The Balaban J connectivity index is 1.89. The number of fused-ring (bicyclic) bond motifs is 3. The van der Waals surface area contributed by atoms with E-state index in [4.69, 9.17) is 4.74 Å². The first kappa shape index (κ1) is 10.3. The third-order valence-corrected chi connectivity index (χ3v) is 4.02. The molecular formula is C14H14N2O2. The Morgan fingerprint density at radius 3 is 3.00 bits per heavy atom. The maximum atomic E-state index is 10.1. The van der Waals surface area contributed by atoms with E-state index in [1.54, 1.807) is 0 Å². The number of hydrogen-bond acceptors (Lipinski definition) is 3. The normalized spacial score (nSPS) is 29.3. The Labute approximate surface area is 105 Å². The monoisotopic (exact) mass is 242 g/mol. The summed E-state index contributed by atoms with van der Waals surface area (Å²) in [6.45, 7) is 1.05. The minimum atomic E-state index is -0.392. The maximum absolute atomic E-state index is 10.1.